The van der Waals surface area contributed by atoms with Gasteiger partial charge in [-0.05, 0) is 37.0 Å². The molecule has 4 heteroatoms. The Labute approximate surface area is 107 Å². The quantitative estimate of drug-likeness (QED) is 0.843. The molecule has 0 aliphatic heterocycles. The highest BCUT2D eigenvalue weighted by molar-refractivity contribution is 5.19. The van der Waals surface area contributed by atoms with Gasteiger partial charge in [0.15, 0.2) is 0 Å². The van der Waals surface area contributed by atoms with Gasteiger partial charge in [0.1, 0.15) is 5.82 Å². The largest absolute Gasteiger partial charge is 0.387 e. The van der Waals surface area contributed by atoms with Crippen LogP contribution in [0.15, 0.2) is 24.3 Å². The maximum Gasteiger partial charge on any atom is 0.123 e. The summed E-state index contributed by atoms with van der Waals surface area (Å²) in [6.07, 6.45) is 2.81. The second-order valence-electron chi connectivity index (χ2n) is 4.79. The SMILES string of the molecule is COC1CCCC1NCC(O)c1cccc(F)c1. The fourth-order valence-electron chi connectivity index (χ4n) is 2.54. The van der Waals surface area contributed by atoms with Gasteiger partial charge in [0, 0.05) is 19.7 Å². The third kappa shape index (κ3) is 3.28. The molecule has 0 spiro atoms. The zero-order valence-corrected chi connectivity index (χ0v) is 10.6. The lowest BCUT2D eigenvalue weighted by Crippen LogP contribution is -2.39. The van der Waals surface area contributed by atoms with Crippen LogP contribution in [0.5, 0.6) is 0 Å². The van der Waals surface area contributed by atoms with Gasteiger partial charge in [0.05, 0.1) is 12.2 Å². The number of ether oxygens (including phenoxy) is 1. The molecule has 1 aliphatic rings. The van der Waals surface area contributed by atoms with Gasteiger partial charge in [0.2, 0.25) is 0 Å². The van der Waals surface area contributed by atoms with E-state index in [-0.39, 0.29) is 11.9 Å². The maximum absolute atomic E-state index is 13.0. The average Bonchev–Trinajstić information content (AvgIpc) is 2.83. The van der Waals surface area contributed by atoms with E-state index in [0.717, 1.165) is 19.3 Å². The molecule has 1 fully saturated rings. The Kier molecular flexibility index (Phi) is 4.69. The van der Waals surface area contributed by atoms with Crippen LogP contribution in [0, 0.1) is 5.82 Å². The number of rotatable bonds is 5. The maximum atomic E-state index is 13.0. The number of aliphatic hydroxyl groups is 1. The van der Waals surface area contributed by atoms with Crippen molar-refractivity contribution in [2.75, 3.05) is 13.7 Å². The normalized spacial score (nSPS) is 25.3. The average molecular weight is 253 g/mol. The van der Waals surface area contributed by atoms with Crippen LogP contribution in [0.2, 0.25) is 0 Å². The minimum absolute atomic E-state index is 0.227. The van der Waals surface area contributed by atoms with E-state index in [1.165, 1.54) is 12.1 Å². The Morgan fingerprint density at radius 1 is 1.50 bits per heavy atom. The molecule has 1 saturated carbocycles. The van der Waals surface area contributed by atoms with Crippen molar-refractivity contribution in [3.05, 3.63) is 35.6 Å². The summed E-state index contributed by atoms with van der Waals surface area (Å²) in [5.41, 5.74) is 0.606. The fraction of sp³-hybridized carbons (Fsp3) is 0.571. The van der Waals surface area contributed by atoms with Crippen molar-refractivity contribution >= 4 is 0 Å². The van der Waals surface area contributed by atoms with E-state index in [1.54, 1.807) is 19.2 Å². The van der Waals surface area contributed by atoms with Crippen LogP contribution in [-0.2, 0) is 4.74 Å². The molecule has 0 radical (unpaired) electrons. The van der Waals surface area contributed by atoms with Gasteiger partial charge in [-0.25, -0.2) is 4.39 Å². The van der Waals surface area contributed by atoms with Crippen LogP contribution in [0.4, 0.5) is 4.39 Å². The Balaban J connectivity index is 1.86. The molecule has 0 aromatic heterocycles. The van der Waals surface area contributed by atoms with Crippen LogP contribution >= 0.6 is 0 Å². The Bertz CT molecular complexity index is 386. The van der Waals surface area contributed by atoms with Gasteiger partial charge in [0.25, 0.3) is 0 Å². The second-order valence-corrected chi connectivity index (χ2v) is 4.79. The molecule has 0 amide bonds. The molecule has 0 heterocycles. The minimum atomic E-state index is -0.682. The molecular weight excluding hydrogens is 233 g/mol. The summed E-state index contributed by atoms with van der Waals surface area (Å²) < 4.78 is 18.4. The number of halogens is 1. The van der Waals surface area contributed by atoms with Gasteiger partial charge in [-0.3, -0.25) is 0 Å². The monoisotopic (exact) mass is 253 g/mol. The first-order chi connectivity index (χ1) is 8.70. The van der Waals surface area contributed by atoms with Crippen LogP contribution in [0.3, 0.4) is 0 Å². The molecule has 3 nitrogen and oxygen atoms in total. The van der Waals surface area contributed by atoms with Gasteiger partial charge < -0.3 is 15.2 Å². The Morgan fingerprint density at radius 2 is 2.33 bits per heavy atom. The van der Waals surface area contributed by atoms with Crippen LogP contribution in [0.1, 0.15) is 30.9 Å². The lowest BCUT2D eigenvalue weighted by atomic mass is 10.1. The van der Waals surface area contributed by atoms with E-state index in [9.17, 15) is 9.50 Å². The summed E-state index contributed by atoms with van der Waals surface area (Å²) in [5.74, 6) is -0.317. The number of hydrogen-bond donors (Lipinski definition) is 2. The number of benzene rings is 1. The highest BCUT2D eigenvalue weighted by Gasteiger charge is 2.27. The van der Waals surface area contributed by atoms with Gasteiger partial charge in [-0.2, -0.15) is 0 Å². The summed E-state index contributed by atoms with van der Waals surface area (Å²) >= 11 is 0. The third-order valence-corrected chi connectivity index (χ3v) is 3.56. The predicted octanol–water partition coefficient (Wildman–Crippen LogP) is 2.02. The summed E-state index contributed by atoms with van der Waals surface area (Å²) in [7, 11) is 1.72. The fourth-order valence-corrected chi connectivity index (χ4v) is 2.54. The lowest BCUT2D eigenvalue weighted by Gasteiger charge is -2.21. The number of aliphatic hydroxyl groups excluding tert-OH is 1. The van der Waals surface area contributed by atoms with Crippen molar-refractivity contribution in [2.24, 2.45) is 0 Å². The highest BCUT2D eigenvalue weighted by atomic mass is 19.1. The Hall–Kier alpha value is -0.970. The Morgan fingerprint density at radius 3 is 3.06 bits per heavy atom. The first kappa shape index (κ1) is 13.5. The number of methoxy groups -OCH3 is 1. The minimum Gasteiger partial charge on any atom is -0.387 e. The first-order valence-corrected chi connectivity index (χ1v) is 6.40. The van der Waals surface area contributed by atoms with Crippen molar-refractivity contribution < 1.29 is 14.2 Å². The zero-order chi connectivity index (χ0) is 13.0. The van der Waals surface area contributed by atoms with Crippen molar-refractivity contribution in [1.82, 2.24) is 5.32 Å². The molecule has 0 saturated heterocycles. The molecule has 0 bridgehead atoms. The molecule has 18 heavy (non-hydrogen) atoms. The number of hydrogen-bond acceptors (Lipinski definition) is 3. The highest BCUT2D eigenvalue weighted by Crippen LogP contribution is 2.22. The molecular formula is C14H20FNO2. The van der Waals surface area contributed by atoms with Crippen molar-refractivity contribution in [1.29, 1.82) is 0 Å². The van der Waals surface area contributed by atoms with E-state index < -0.39 is 6.10 Å². The lowest BCUT2D eigenvalue weighted by molar-refractivity contribution is 0.0779. The molecule has 2 rings (SSSR count). The van der Waals surface area contributed by atoms with E-state index >= 15 is 0 Å². The summed E-state index contributed by atoms with van der Waals surface area (Å²) in [6.45, 7) is 0.425. The first-order valence-electron chi connectivity index (χ1n) is 6.40. The van der Waals surface area contributed by atoms with Crippen LogP contribution < -0.4 is 5.32 Å². The van der Waals surface area contributed by atoms with Crippen molar-refractivity contribution in [2.45, 2.75) is 37.5 Å². The van der Waals surface area contributed by atoms with Crippen LogP contribution in [-0.4, -0.2) is 30.9 Å². The van der Waals surface area contributed by atoms with Crippen LogP contribution in [0.25, 0.3) is 0 Å². The standard InChI is InChI=1S/C14H20FNO2/c1-18-14-7-3-6-12(14)16-9-13(17)10-4-2-5-11(15)8-10/h2,4-5,8,12-14,16-17H,3,6-7,9H2,1H3. The van der Waals surface area contributed by atoms with E-state index in [4.69, 9.17) is 4.74 Å². The van der Waals surface area contributed by atoms with E-state index in [1.807, 2.05) is 0 Å². The number of nitrogens with one attached hydrogen (secondary N) is 1. The van der Waals surface area contributed by atoms with Gasteiger partial charge >= 0.3 is 0 Å². The van der Waals surface area contributed by atoms with Gasteiger partial charge in [-0.1, -0.05) is 12.1 Å². The van der Waals surface area contributed by atoms with Crippen molar-refractivity contribution in [3.63, 3.8) is 0 Å². The molecule has 1 aromatic carbocycles. The summed E-state index contributed by atoms with van der Waals surface area (Å²) in [4.78, 5) is 0. The molecule has 100 valence electrons. The van der Waals surface area contributed by atoms with E-state index in [2.05, 4.69) is 5.32 Å². The molecule has 1 aliphatic carbocycles. The predicted molar refractivity (Wildman–Crippen MR) is 67.8 cm³/mol. The third-order valence-electron chi connectivity index (χ3n) is 3.56. The topological polar surface area (TPSA) is 41.5 Å². The summed E-state index contributed by atoms with van der Waals surface area (Å²) in [6, 6.07) is 6.38. The smallest absolute Gasteiger partial charge is 0.123 e. The summed E-state index contributed by atoms with van der Waals surface area (Å²) in [5, 5.41) is 13.3. The molecule has 3 unspecified atom stereocenters. The van der Waals surface area contributed by atoms with Crippen molar-refractivity contribution in [3.8, 4) is 0 Å². The molecule has 1 aromatic rings. The van der Waals surface area contributed by atoms with E-state index in [0.29, 0.717) is 18.2 Å². The molecule has 2 N–H and O–H groups in total. The molecule has 3 atom stereocenters. The second kappa shape index (κ2) is 6.27. The van der Waals surface area contributed by atoms with Gasteiger partial charge in [-0.15, -0.1) is 0 Å². The zero-order valence-electron chi connectivity index (χ0n) is 10.6.